The Morgan fingerprint density at radius 1 is 1.69 bits per heavy atom. The summed E-state index contributed by atoms with van der Waals surface area (Å²) in [5.74, 6) is 1.91. The van der Waals surface area contributed by atoms with Crippen molar-refractivity contribution in [2.24, 2.45) is 11.8 Å². The fourth-order valence-corrected chi connectivity index (χ4v) is 1.95. The van der Waals surface area contributed by atoms with Crippen molar-refractivity contribution in [1.29, 1.82) is 0 Å². The molecule has 1 atom stereocenters. The number of nitrogens with zero attached hydrogens (tertiary/aromatic N) is 3. The molecule has 5 heteroatoms. The summed E-state index contributed by atoms with van der Waals surface area (Å²) in [6, 6.07) is 0. The van der Waals surface area contributed by atoms with Crippen LogP contribution in [0.3, 0.4) is 0 Å². The fourth-order valence-electron chi connectivity index (χ4n) is 1.54. The highest BCUT2D eigenvalue weighted by molar-refractivity contribution is 9.10. The number of anilines is 1. The zero-order chi connectivity index (χ0) is 9.42. The molecule has 1 aliphatic carbocycles. The molecular weight excluding hydrogens is 232 g/mol. The number of nitrogens with two attached hydrogens (primary N) is 1. The van der Waals surface area contributed by atoms with Gasteiger partial charge in [0.15, 0.2) is 4.73 Å². The van der Waals surface area contributed by atoms with Crippen LogP contribution in [-0.4, -0.2) is 14.8 Å². The summed E-state index contributed by atoms with van der Waals surface area (Å²) in [6.07, 6.45) is 2.73. The van der Waals surface area contributed by atoms with Crippen LogP contribution in [0.25, 0.3) is 0 Å². The van der Waals surface area contributed by atoms with E-state index in [2.05, 4.69) is 32.9 Å². The van der Waals surface area contributed by atoms with Crippen LogP contribution >= 0.6 is 15.9 Å². The maximum atomic E-state index is 5.47. The summed E-state index contributed by atoms with van der Waals surface area (Å²) in [7, 11) is 0. The lowest BCUT2D eigenvalue weighted by atomic mass is 10.1. The van der Waals surface area contributed by atoms with E-state index in [1.807, 2.05) is 4.68 Å². The molecule has 2 N–H and O–H groups in total. The van der Waals surface area contributed by atoms with Crippen LogP contribution < -0.4 is 5.73 Å². The van der Waals surface area contributed by atoms with E-state index in [0.717, 1.165) is 17.2 Å². The molecule has 0 aliphatic heterocycles. The van der Waals surface area contributed by atoms with E-state index >= 15 is 0 Å². The number of halogens is 1. The average Bonchev–Trinajstić information content (AvgIpc) is 2.81. The number of hydrogen-bond donors (Lipinski definition) is 1. The molecule has 1 unspecified atom stereocenters. The van der Waals surface area contributed by atoms with Crippen molar-refractivity contribution in [2.75, 3.05) is 5.73 Å². The largest absolute Gasteiger partial charge is 0.366 e. The topological polar surface area (TPSA) is 56.7 Å². The van der Waals surface area contributed by atoms with Crippen LogP contribution in [0.5, 0.6) is 0 Å². The van der Waals surface area contributed by atoms with Gasteiger partial charge in [0, 0.05) is 6.54 Å². The van der Waals surface area contributed by atoms with Crippen LogP contribution in [0.15, 0.2) is 4.73 Å². The van der Waals surface area contributed by atoms with Crippen LogP contribution in [0.1, 0.15) is 19.8 Å². The van der Waals surface area contributed by atoms with E-state index in [4.69, 9.17) is 5.73 Å². The van der Waals surface area contributed by atoms with E-state index in [9.17, 15) is 0 Å². The Kier molecular flexibility index (Phi) is 2.27. The van der Waals surface area contributed by atoms with Crippen molar-refractivity contribution >= 4 is 21.9 Å². The summed E-state index contributed by atoms with van der Waals surface area (Å²) in [6.45, 7) is 3.16. The summed E-state index contributed by atoms with van der Waals surface area (Å²) in [5, 5.41) is 4.10. The first-order valence-corrected chi connectivity index (χ1v) is 5.32. The molecule has 2 rings (SSSR count). The van der Waals surface area contributed by atoms with E-state index < -0.39 is 0 Å². The molecule has 4 nitrogen and oxygen atoms in total. The first-order valence-electron chi connectivity index (χ1n) is 4.52. The molecule has 0 amide bonds. The second-order valence-corrected chi connectivity index (χ2v) is 4.45. The standard InChI is InChI=1S/C8H13BrN4/c1-5(6-2-3-6)4-13-7(9)11-8(10)12-13/h5-6H,2-4H2,1H3,(H2,10,12). The minimum Gasteiger partial charge on any atom is -0.366 e. The smallest absolute Gasteiger partial charge is 0.240 e. The SMILES string of the molecule is CC(Cn1nc(N)nc1Br)C1CC1. The molecule has 1 aliphatic rings. The van der Waals surface area contributed by atoms with Gasteiger partial charge in [-0.05, 0) is 40.6 Å². The van der Waals surface area contributed by atoms with Gasteiger partial charge in [-0.3, -0.25) is 0 Å². The highest BCUT2D eigenvalue weighted by Crippen LogP contribution is 2.37. The first-order chi connectivity index (χ1) is 6.16. The summed E-state index contributed by atoms with van der Waals surface area (Å²) in [4.78, 5) is 3.99. The van der Waals surface area contributed by atoms with Gasteiger partial charge in [-0.2, -0.15) is 4.98 Å². The minimum absolute atomic E-state index is 0.342. The Bertz CT molecular complexity index is 305. The Balaban J connectivity index is 2.03. The van der Waals surface area contributed by atoms with Gasteiger partial charge >= 0.3 is 0 Å². The Morgan fingerprint density at radius 3 is 2.85 bits per heavy atom. The lowest BCUT2D eigenvalue weighted by molar-refractivity contribution is 0.401. The molecule has 0 spiro atoms. The van der Waals surface area contributed by atoms with Gasteiger partial charge in [-0.25, -0.2) is 4.68 Å². The third-order valence-electron chi connectivity index (χ3n) is 2.53. The molecule has 72 valence electrons. The predicted molar refractivity (Wildman–Crippen MR) is 54.0 cm³/mol. The predicted octanol–water partition coefficient (Wildman–Crippen LogP) is 1.67. The molecule has 1 aromatic rings. The lowest BCUT2D eigenvalue weighted by Gasteiger charge is -2.09. The minimum atomic E-state index is 0.342. The Labute approximate surface area is 85.6 Å². The molecule has 1 aromatic heterocycles. The zero-order valence-electron chi connectivity index (χ0n) is 7.57. The van der Waals surface area contributed by atoms with Crippen molar-refractivity contribution in [2.45, 2.75) is 26.3 Å². The van der Waals surface area contributed by atoms with Gasteiger partial charge in [-0.15, -0.1) is 5.10 Å². The molecule has 0 aromatic carbocycles. The second-order valence-electron chi connectivity index (χ2n) is 3.74. The summed E-state index contributed by atoms with van der Waals surface area (Å²) < 4.78 is 2.57. The molecule has 1 saturated carbocycles. The van der Waals surface area contributed by atoms with Crippen molar-refractivity contribution in [3.05, 3.63) is 4.73 Å². The van der Waals surface area contributed by atoms with Gasteiger partial charge in [0.25, 0.3) is 0 Å². The molecular formula is C8H13BrN4. The van der Waals surface area contributed by atoms with E-state index in [1.165, 1.54) is 12.8 Å². The first kappa shape index (κ1) is 8.99. The average molecular weight is 245 g/mol. The molecule has 0 radical (unpaired) electrons. The third kappa shape index (κ3) is 2.02. The highest BCUT2D eigenvalue weighted by atomic mass is 79.9. The maximum Gasteiger partial charge on any atom is 0.240 e. The number of hydrogen-bond acceptors (Lipinski definition) is 3. The van der Waals surface area contributed by atoms with Gasteiger partial charge in [0.1, 0.15) is 0 Å². The summed E-state index contributed by atoms with van der Waals surface area (Å²) in [5.41, 5.74) is 5.47. The Hall–Kier alpha value is -0.580. The van der Waals surface area contributed by atoms with Crippen molar-refractivity contribution in [3.63, 3.8) is 0 Å². The van der Waals surface area contributed by atoms with Crippen molar-refractivity contribution < 1.29 is 0 Å². The van der Waals surface area contributed by atoms with Gasteiger partial charge in [-0.1, -0.05) is 6.92 Å². The van der Waals surface area contributed by atoms with E-state index in [1.54, 1.807) is 0 Å². The van der Waals surface area contributed by atoms with Crippen LogP contribution in [0.2, 0.25) is 0 Å². The lowest BCUT2D eigenvalue weighted by Crippen LogP contribution is -2.11. The van der Waals surface area contributed by atoms with E-state index in [0.29, 0.717) is 11.9 Å². The molecule has 1 fully saturated rings. The van der Waals surface area contributed by atoms with Crippen LogP contribution in [0, 0.1) is 11.8 Å². The molecule has 1 heterocycles. The van der Waals surface area contributed by atoms with Crippen LogP contribution in [0.4, 0.5) is 5.95 Å². The third-order valence-corrected chi connectivity index (χ3v) is 3.12. The van der Waals surface area contributed by atoms with Gasteiger partial charge in [0.2, 0.25) is 5.95 Å². The Morgan fingerprint density at radius 2 is 2.38 bits per heavy atom. The normalized spacial score (nSPS) is 18.9. The van der Waals surface area contributed by atoms with Gasteiger partial charge < -0.3 is 5.73 Å². The zero-order valence-corrected chi connectivity index (χ0v) is 9.16. The molecule has 13 heavy (non-hydrogen) atoms. The van der Waals surface area contributed by atoms with Crippen molar-refractivity contribution in [1.82, 2.24) is 14.8 Å². The number of nitrogen functional groups attached to an aromatic ring is 1. The monoisotopic (exact) mass is 244 g/mol. The van der Waals surface area contributed by atoms with Crippen molar-refractivity contribution in [3.8, 4) is 0 Å². The number of rotatable bonds is 3. The number of aromatic nitrogens is 3. The quantitative estimate of drug-likeness (QED) is 0.881. The summed E-state index contributed by atoms with van der Waals surface area (Å²) >= 11 is 3.32. The molecule has 0 bridgehead atoms. The second kappa shape index (κ2) is 3.29. The fraction of sp³-hybridized carbons (Fsp3) is 0.750. The molecule has 0 saturated heterocycles. The maximum absolute atomic E-state index is 5.47. The van der Waals surface area contributed by atoms with Gasteiger partial charge in [0.05, 0.1) is 0 Å². The van der Waals surface area contributed by atoms with E-state index in [-0.39, 0.29) is 0 Å². The van der Waals surface area contributed by atoms with Crippen LogP contribution in [-0.2, 0) is 6.54 Å². The highest BCUT2D eigenvalue weighted by Gasteiger charge is 2.28.